The molecule has 0 bridgehead atoms. The van der Waals surface area contributed by atoms with Gasteiger partial charge in [0.05, 0.1) is 16.8 Å². The second-order valence-electron chi connectivity index (χ2n) is 4.45. The SMILES string of the molecule is CCS(=O)(=O)CCNC(=O)c1sc2cccc(F)c2c1N. The Labute approximate surface area is 125 Å². The maximum Gasteiger partial charge on any atom is 0.263 e. The second kappa shape index (κ2) is 5.98. The van der Waals surface area contributed by atoms with Crippen LogP contribution < -0.4 is 11.1 Å². The van der Waals surface area contributed by atoms with E-state index in [1.54, 1.807) is 19.1 Å². The molecule has 2 aromatic rings. The van der Waals surface area contributed by atoms with Crippen molar-refractivity contribution in [1.82, 2.24) is 5.32 Å². The molecule has 21 heavy (non-hydrogen) atoms. The van der Waals surface area contributed by atoms with Gasteiger partial charge in [0.1, 0.15) is 10.7 Å². The minimum atomic E-state index is -3.14. The lowest BCUT2D eigenvalue weighted by atomic mass is 10.2. The molecule has 1 aromatic carbocycles. The lowest BCUT2D eigenvalue weighted by Crippen LogP contribution is -2.29. The van der Waals surface area contributed by atoms with Crippen LogP contribution in [-0.4, -0.2) is 32.4 Å². The van der Waals surface area contributed by atoms with E-state index in [0.717, 1.165) is 11.3 Å². The Kier molecular flexibility index (Phi) is 4.48. The molecule has 0 aliphatic heterocycles. The Bertz CT molecular complexity index is 784. The Morgan fingerprint density at radius 1 is 1.43 bits per heavy atom. The highest BCUT2D eigenvalue weighted by Gasteiger charge is 2.18. The number of fused-ring (bicyclic) bond motifs is 1. The van der Waals surface area contributed by atoms with Crippen LogP contribution in [0.15, 0.2) is 18.2 Å². The molecule has 0 spiro atoms. The third kappa shape index (κ3) is 3.33. The topological polar surface area (TPSA) is 89.3 Å². The van der Waals surface area contributed by atoms with Gasteiger partial charge in [0.2, 0.25) is 0 Å². The van der Waals surface area contributed by atoms with Crippen LogP contribution in [0, 0.1) is 5.82 Å². The first-order valence-electron chi connectivity index (χ1n) is 6.31. The molecule has 0 unspecified atom stereocenters. The molecule has 0 saturated heterocycles. The number of carbonyl (C=O) groups is 1. The van der Waals surface area contributed by atoms with Crippen LogP contribution in [0.4, 0.5) is 10.1 Å². The van der Waals surface area contributed by atoms with E-state index in [9.17, 15) is 17.6 Å². The minimum Gasteiger partial charge on any atom is -0.397 e. The number of carbonyl (C=O) groups excluding carboxylic acids is 1. The van der Waals surface area contributed by atoms with Gasteiger partial charge in [0.25, 0.3) is 5.91 Å². The minimum absolute atomic E-state index is 0.00513. The van der Waals surface area contributed by atoms with Crippen LogP contribution in [-0.2, 0) is 9.84 Å². The van der Waals surface area contributed by atoms with Crippen molar-refractivity contribution in [3.05, 3.63) is 28.9 Å². The lowest BCUT2D eigenvalue weighted by molar-refractivity contribution is 0.0961. The third-order valence-corrected chi connectivity index (χ3v) is 5.92. The van der Waals surface area contributed by atoms with E-state index < -0.39 is 21.6 Å². The van der Waals surface area contributed by atoms with Gasteiger partial charge in [-0.05, 0) is 12.1 Å². The molecule has 0 fully saturated rings. The van der Waals surface area contributed by atoms with Gasteiger partial charge in [0.15, 0.2) is 9.84 Å². The summed E-state index contributed by atoms with van der Waals surface area (Å²) < 4.78 is 37.0. The molecule has 8 heteroatoms. The predicted molar refractivity (Wildman–Crippen MR) is 82.9 cm³/mol. The number of thiophene rings is 1. The summed E-state index contributed by atoms with van der Waals surface area (Å²) in [5.41, 5.74) is 5.90. The fraction of sp³-hybridized carbons (Fsp3) is 0.308. The van der Waals surface area contributed by atoms with Crippen LogP contribution in [0.2, 0.25) is 0 Å². The van der Waals surface area contributed by atoms with Gasteiger partial charge >= 0.3 is 0 Å². The quantitative estimate of drug-likeness (QED) is 0.874. The van der Waals surface area contributed by atoms with Gasteiger partial charge in [-0.1, -0.05) is 13.0 Å². The summed E-state index contributed by atoms with van der Waals surface area (Å²) in [4.78, 5) is 12.2. The van der Waals surface area contributed by atoms with E-state index >= 15 is 0 Å². The molecule has 0 saturated carbocycles. The number of anilines is 1. The molecule has 1 amide bonds. The Balaban J connectivity index is 2.17. The van der Waals surface area contributed by atoms with Crippen LogP contribution in [0.5, 0.6) is 0 Å². The smallest absolute Gasteiger partial charge is 0.263 e. The number of nitrogen functional groups attached to an aromatic ring is 1. The van der Waals surface area contributed by atoms with Crippen LogP contribution in [0.1, 0.15) is 16.6 Å². The number of nitrogens with two attached hydrogens (primary N) is 1. The number of hydrogen-bond donors (Lipinski definition) is 2. The van der Waals surface area contributed by atoms with E-state index in [1.165, 1.54) is 6.07 Å². The average Bonchev–Trinajstić information content (AvgIpc) is 2.77. The van der Waals surface area contributed by atoms with Gasteiger partial charge in [-0.25, -0.2) is 12.8 Å². The summed E-state index contributed by atoms with van der Waals surface area (Å²) in [6.45, 7) is 1.55. The van der Waals surface area contributed by atoms with Crippen molar-refractivity contribution in [2.24, 2.45) is 0 Å². The van der Waals surface area contributed by atoms with Crippen molar-refractivity contribution in [3.63, 3.8) is 0 Å². The second-order valence-corrected chi connectivity index (χ2v) is 7.98. The fourth-order valence-electron chi connectivity index (χ4n) is 1.84. The van der Waals surface area contributed by atoms with Crippen molar-refractivity contribution in [3.8, 4) is 0 Å². The maximum atomic E-state index is 13.7. The van der Waals surface area contributed by atoms with E-state index in [1.807, 2.05) is 0 Å². The van der Waals surface area contributed by atoms with E-state index in [2.05, 4.69) is 5.32 Å². The van der Waals surface area contributed by atoms with Crippen molar-refractivity contribution in [1.29, 1.82) is 0 Å². The summed E-state index contributed by atoms with van der Waals surface area (Å²) in [6.07, 6.45) is 0. The monoisotopic (exact) mass is 330 g/mol. The van der Waals surface area contributed by atoms with Crippen molar-refractivity contribution >= 4 is 42.9 Å². The molecule has 2 rings (SSSR count). The zero-order chi connectivity index (χ0) is 15.6. The number of amides is 1. The first kappa shape index (κ1) is 15.7. The largest absolute Gasteiger partial charge is 0.397 e. The number of halogens is 1. The van der Waals surface area contributed by atoms with E-state index in [0.29, 0.717) is 4.70 Å². The van der Waals surface area contributed by atoms with Crippen LogP contribution in [0.3, 0.4) is 0 Å². The van der Waals surface area contributed by atoms with Gasteiger partial charge in [-0.15, -0.1) is 11.3 Å². The Morgan fingerprint density at radius 2 is 2.14 bits per heavy atom. The first-order valence-corrected chi connectivity index (χ1v) is 8.94. The first-order chi connectivity index (χ1) is 9.85. The van der Waals surface area contributed by atoms with Crippen molar-refractivity contribution in [2.75, 3.05) is 23.8 Å². The molecular weight excluding hydrogens is 315 g/mol. The number of benzene rings is 1. The molecule has 0 aliphatic carbocycles. The highest BCUT2D eigenvalue weighted by Crippen LogP contribution is 2.35. The highest BCUT2D eigenvalue weighted by molar-refractivity contribution is 7.91. The number of sulfone groups is 1. The van der Waals surface area contributed by atoms with Crippen LogP contribution in [0.25, 0.3) is 10.1 Å². The molecule has 114 valence electrons. The van der Waals surface area contributed by atoms with E-state index in [-0.39, 0.29) is 34.0 Å². The number of rotatable bonds is 5. The summed E-state index contributed by atoms with van der Waals surface area (Å²) >= 11 is 1.08. The number of nitrogens with one attached hydrogen (secondary N) is 1. The predicted octanol–water partition coefficient (Wildman–Crippen LogP) is 1.79. The van der Waals surface area contributed by atoms with Gasteiger partial charge < -0.3 is 11.1 Å². The molecule has 3 N–H and O–H groups in total. The third-order valence-electron chi connectivity index (χ3n) is 3.05. The maximum absolute atomic E-state index is 13.7. The van der Waals surface area contributed by atoms with Crippen molar-refractivity contribution in [2.45, 2.75) is 6.92 Å². The highest BCUT2D eigenvalue weighted by atomic mass is 32.2. The molecule has 5 nitrogen and oxygen atoms in total. The number of hydrogen-bond acceptors (Lipinski definition) is 5. The Hall–Kier alpha value is -1.67. The lowest BCUT2D eigenvalue weighted by Gasteiger charge is -2.04. The van der Waals surface area contributed by atoms with Gasteiger partial charge in [-0.2, -0.15) is 0 Å². The van der Waals surface area contributed by atoms with Crippen LogP contribution >= 0.6 is 11.3 Å². The fourth-order valence-corrected chi connectivity index (χ4v) is 3.60. The summed E-state index contributed by atoms with van der Waals surface area (Å²) in [5, 5.41) is 2.73. The normalized spacial score (nSPS) is 11.7. The molecule has 0 aliphatic rings. The standard InChI is InChI=1S/C13H15FN2O3S2/c1-2-21(18,19)7-6-16-13(17)12-11(15)10-8(14)4-3-5-9(10)20-12/h3-5H,2,6-7,15H2,1H3,(H,16,17). The summed E-state index contributed by atoms with van der Waals surface area (Å²) in [6, 6.07) is 4.50. The van der Waals surface area contributed by atoms with Gasteiger partial charge in [-0.3, -0.25) is 4.79 Å². The zero-order valence-corrected chi connectivity index (χ0v) is 13.0. The molecular formula is C13H15FN2O3S2. The summed E-state index contributed by atoms with van der Waals surface area (Å²) in [7, 11) is -3.14. The molecule has 1 aromatic heterocycles. The van der Waals surface area contributed by atoms with Crippen molar-refractivity contribution < 1.29 is 17.6 Å². The average molecular weight is 330 g/mol. The molecule has 0 atom stereocenters. The Morgan fingerprint density at radius 3 is 2.76 bits per heavy atom. The summed E-state index contributed by atoms with van der Waals surface area (Å²) in [5.74, 6) is -1.07. The van der Waals surface area contributed by atoms with Gasteiger partial charge in [0, 0.05) is 17.0 Å². The zero-order valence-electron chi connectivity index (χ0n) is 11.3. The molecule has 1 heterocycles. The van der Waals surface area contributed by atoms with E-state index in [4.69, 9.17) is 5.73 Å². The molecule has 0 radical (unpaired) electrons.